The van der Waals surface area contributed by atoms with E-state index < -0.39 is 8.07 Å². The first-order valence-corrected chi connectivity index (χ1v) is 11.4. The van der Waals surface area contributed by atoms with E-state index in [1.807, 2.05) is 0 Å². The van der Waals surface area contributed by atoms with Gasteiger partial charge in [0.1, 0.15) is 0 Å². The average molecular weight is 292 g/mol. The minimum absolute atomic E-state index is 0.806. The molecule has 2 aliphatic rings. The first-order valence-electron chi connectivity index (χ1n) is 8.37. The molecule has 0 N–H and O–H groups in total. The maximum atomic E-state index is 2.60. The number of fused-ring (bicyclic) bond motifs is 2. The minimum Gasteiger partial charge on any atom is -0.0650 e. The maximum Gasteiger partial charge on any atom is 0.0883 e. The molecule has 1 heteroatoms. The lowest BCUT2D eigenvalue weighted by Crippen LogP contribution is -2.48. The van der Waals surface area contributed by atoms with Crippen molar-refractivity contribution in [3.05, 3.63) is 64.7 Å². The molecule has 2 aliphatic carbocycles. The Kier molecular flexibility index (Phi) is 3.07. The van der Waals surface area contributed by atoms with Gasteiger partial charge in [-0.2, -0.15) is 0 Å². The van der Waals surface area contributed by atoms with Crippen molar-refractivity contribution in [2.75, 3.05) is 0 Å². The lowest BCUT2D eigenvalue weighted by atomic mass is 10.1. The number of aryl methyl sites for hydroxylation is 2. The summed E-state index contributed by atoms with van der Waals surface area (Å²) in [7, 11) is -1.45. The molecule has 21 heavy (non-hydrogen) atoms. The fourth-order valence-electron chi connectivity index (χ4n) is 4.72. The standard InChI is InChI=1S/C20H24Si/c1-21(2,19-12-6-9-15-8-5-11-18(15)19)20-14-13-16-7-3-4-10-17(16)20/h3-4,6-7,9-10,12,20H,5,8,11,13-14H2,1-2H3/t20-/m0/s1. The summed E-state index contributed by atoms with van der Waals surface area (Å²) in [6.07, 6.45) is 6.62. The van der Waals surface area contributed by atoms with E-state index in [0.717, 1.165) is 5.54 Å². The molecule has 0 heterocycles. The Balaban J connectivity index is 1.80. The molecule has 0 spiro atoms. The zero-order chi connectivity index (χ0) is 14.4. The minimum atomic E-state index is -1.45. The largest absolute Gasteiger partial charge is 0.0883 e. The molecule has 2 aromatic carbocycles. The SMILES string of the molecule is C[Si](C)(c1cccc2c1CCC2)[C@H]1CCc2ccccc21. The zero-order valence-electron chi connectivity index (χ0n) is 13.2. The van der Waals surface area contributed by atoms with Crippen molar-refractivity contribution in [2.45, 2.75) is 50.7 Å². The van der Waals surface area contributed by atoms with Crippen LogP contribution in [0.25, 0.3) is 0 Å². The van der Waals surface area contributed by atoms with E-state index in [4.69, 9.17) is 0 Å². The second kappa shape index (κ2) is 4.84. The van der Waals surface area contributed by atoms with Gasteiger partial charge in [0, 0.05) is 0 Å². The molecule has 1 atom stereocenters. The van der Waals surface area contributed by atoms with Gasteiger partial charge >= 0.3 is 0 Å². The van der Waals surface area contributed by atoms with Crippen LogP contribution < -0.4 is 5.19 Å². The Morgan fingerprint density at radius 2 is 1.67 bits per heavy atom. The van der Waals surface area contributed by atoms with Gasteiger partial charge in [0.15, 0.2) is 0 Å². The van der Waals surface area contributed by atoms with Crippen molar-refractivity contribution in [2.24, 2.45) is 0 Å². The highest BCUT2D eigenvalue weighted by molar-refractivity contribution is 6.91. The quantitative estimate of drug-likeness (QED) is 0.722. The van der Waals surface area contributed by atoms with Crippen LogP contribution >= 0.6 is 0 Å². The van der Waals surface area contributed by atoms with Gasteiger partial charge in [-0.1, -0.05) is 60.7 Å². The molecule has 0 fully saturated rings. The molecule has 0 amide bonds. The molecular formula is C20H24Si. The summed E-state index contributed by atoms with van der Waals surface area (Å²) < 4.78 is 0. The molecule has 108 valence electrons. The summed E-state index contributed by atoms with van der Waals surface area (Å²) in [5.41, 5.74) is 7.43. The number of rotatable bonds is 2. The van der Waals surface area contributed by atoms with Crippen LogP contribution in [0, 0.1) is 0 Å². The topological polar surface area (TPSA) is 0 Å². The van der Waals surface area contributed by atoms with E-state index in [9.17, 15) is 0 Å². The van der Waals surface area contributed by atoms with Crippen LogP contribution in [0.2, 0.25) is 13.1 Å². The molecule has 0 aromatic heterocycles. The van der Waals surface area contributed by atoms with Crippen molar-refractivity contribution < 1.29 is 0 Å². The highest BCUT2D eigenvalue weighted by atomic mass is 28.3. The van der Waals surface area contributed by atoms with E-state index >= 15 is 0 Å². The van der Waals surface area contributed by atoms with E-state index in [2.05, 4.69) is 55.6 Å². The normalized spacial score (nSPS) is 20.4. The Morgan fingerprint density at radius 3 is 2.57 bits per heavy atom. The number of benzene rings is 2. The first kappa shape index (κ1) is 13.3. The van der Waals surface area contributed by atoms with Gasteiger partial charge in [-0.3, -0.25) is 0 Å². The molecule has 0 bridgehead atoms. The van der Waals surface area contributed by atoms with Gasteiger partial charge < -0.3 is 0 Å². The summed E-state index contributed by atoms with van der Waals surface area (Å²) in [6, 6.07) is 16.3. The van der Waals surface area contributed by atoms with Gasteiger partial charge in [0.2, 0.25) is 0 Å². The van der Waals surface area contributed by atoms with Gasteiger partial charge in [-0.15, -0.1) is 0 Å². The third kappa shape index (κ3) is 2.02. The molecule has 4 rings (SSSR count). The Hall–Kier alpha value is -1.34. The number of hydrogen-bond donors (Lipinski definition) is 0. The van der Waals surface area contributed by atoms with Gasteiger partial charge in [0.25, 0.3) is 0 Å². The first-order chi connectivity index (χ1) is 10.2. The van der Waals surface area contributed by atoms with Crippen LogP contribution in [-0.4, -0.2) is 8.07 Å². The Morgan fingerprint density at radius 1 is 0.857 bits per heavy atom. The third-order valence-corrected chi connectivity index (χ3v) is 10.0. The molecule has 0 radical (unpaired) electrons. The lowest BCUT2D eigenvalue weighted by Gasteiger charge is -2.33. The summed E-state index contributed by atoms with van der Waals surface area (Å²) in [5, 5.41) is 1.75. The van der Waals surface area contributed by atoms with Gasteiger partial charge in [0.05, 0.1) is 8.07 Å². The van der Waals surface area contributed by atoms with Crippen LogP contribution in [0.5, 0.6) is 0 Å². The summed E-state index contributed by atoms with van der Waals surface area (Å²) in [5.74, 6) is 0. The Labute approximate surface area is 129 Å². The molecule has 0 saturated heterocycles. The second-order valence-electron chi connectivity index (χ2n) is 7.31. The summed E-state index contributed by atoms with van der Waals surface area (Å²) in [6.45, 7) is 5.21. The smallest absolute Gasteiger partial charge is 0.0650 e. The van der Waals surface area contributed by atoms with Crippen LogP contribution in [0.3, 0.4) is 0 Å². The maximum absolute atomic E-state index is 2.60. The fourth-order valence-corrected chi connectivity index (χ4v) is 8.61. The van der Waals surface area contributed by atoms with E-state index in [-0.39, 0.29) is 0 Å². The van der Waals surface area contributed by atoms with Crippen molar-refractivity contribution in [3.8, 4) is 0 Å². The Bertz CT molecular complexity index is 684. The third-order valence-electron chi connectivity index (χ3n) is 5.84. The van der Waals surface area contributed by atoms with Gasteiger partial charge in [-0.25, -0.2) is 0 Å². The van der Waals surface area contributed by atoms with Crippen molar-refractivity contribution in [1.29, 1.82) is 0 Å². The monoisotopic (exact) mass is 292 g/mol. The van der Waals surface area contributed by atoms with E-state index in [0.29, 0.717) is 0 Å². The van der Waals surface area contributed by atoms with Crippen molar-refractivity contribution in [3.63, 3.8) is 0 Å². The second-order valence-corrected chi connectivity index (χ2v) is 12.0. The predicted molar refractivity (Wildman–Crippen MR) is 93.1 cm³/mol. The molecule has 0 saturated carbocycles. The highest BCUT2D eigenvalue weighted by Gasteiger charge is 2.40. The predicted octanol–water partition coefficient (Wildman–Crippen LogP) is 4.36. The zero-order valence-corrected chi connectivity index (χ0v) is 14.2. The van der Waals surface area contributed by atoms with Gasteiger partial charge in [-0.05, 0) is 59.9 Å². The van der Waals surface area contributed by atoms with Crippen LogP contribution in [0.4, 0.5) is 0 Å². The van der Waals surface area contributed by atoms with Crippen LogP contribution in [0.1, 0.15) is 40.6 Å². The molecule has 2 aromatic rings. The van der Waals surface area contributed by atoms with Crippen molar-refractivity contribution >= 4 is 13.3 Å². The van der Waals surface area contributed by atoms with Crippen LogP contribution in [0.15, 0.2) is 42.5 Å². The molecular weight excluding hydrogens is 268 g/mol. The fraction of sp³-hybridized carbons (Fsp3) is 0.400. The highest BCUT2D eigenvalue weighted by Crippen LogP contribution is 2.40. The summed E-state index contributed by atoms with van der Waals surface area (Å²) in [4.78, 5) is 0. The molecule has 0 nitrogen and oxygen atoms in total. The number of hydrogen-bond acceptors (Lipinski definition) is 0. The van der Waals surface area contributed by atoms with Crippen LogP contribution in [-0.2, 0) is 19.3 Å². The van der Waals surface area contributed by atoms with E-state index in [1.54, 1.807) is 27.4 Å². The lowest BCUT2D eigenvalue weighted by molar-refractivity contribution is 0.852. The average Bonchev–Trinajstić information content (AvgIpc) is 3.13. The van der Waals surface area contributed by atoms with E-state index in [1.165, 1.54) is 32.1 Å². The van der Waals surface area contributed by atoms with Crippen molar-refractivity contribution in [1.82, 2.24) is 0 Å². The molecule has 0 unspecified atom stereocenters. The summed E-state index contributed by atoms with van der Waals surface area (Å²) >= 11 is 0. The molecule has 0 aliphatic heterocycles.